The van der Waals surface area contributed by atoms with Gasteiger partial charge < -0.3 is 10.8 Å². The van der Waals surface area contributed by atoms with Crippen molar-refractivity contribution in [1.29, 1.82) is 0 Å². The number of carbonyl (C=O) groups is 1. The van der Waals surface area contributed by atoms with E-state index in [2.05, 4.69) is 35.0 Å². The number of hydrogen-bond donors (Lipinski definition) is 2. The molecule has 0 spiro atoms. The summed E-state index contributed by atoms with van der Waals surface area (Å²) < 4.78 is 27.1. The van der Waals surface area contributed by atoms with Crippen LogP contribution in [0.4, 0.5) is 8.78 Å². The van der Waals surface area contributed by atoms with E-state index in [1.807, 2.05) is 30.3 Å². The number of fused-ring (bicyclic) bond motifs is 1. The van der Waals surface area contributed by atoms with Crippen LogP contribution in [0.2, 0.25) is 0 Å². The lowest BCUT2D eigenvalue weighted by atomic mass is 9.72. The fourth-order valence-electron chi connectivity index (χ4n) is 4.22. The predicted octanol–water partition coefficient (Wildman–Crippen LogP) is 5.22. The summed E-state index contributed by atoms with van der Waals surface area (Å²) in [6, 6.07) is 21.6. The Kier molecular flexibility index (Phi) is 6.42. The summed E-state index contributed by atoms with van der Waals surface area (Å²) in [5.41, 5.74) is 9.42. The van der Waals surface area contributed by atoms with Gasteiger partial charge in [-0.05, 0) is 24.1 Å². The summed E-state index contributed by atoms with van der Waals surface area (Å²) in [4.78, 5) is 17.1. The molecule has 2 heterocycles. The largest absolute Gasteiger partial charge is 0.483 e. The first-order chi connectivity index (χ1) is 16.0. The number of benzene rings is 2. The van der Waals surface area contributed by atoms with Crippen molar-refractivity contribution in [3.63, 3.8) is 0 Å². The molecule has 5 nitrogen and oxygen atoms in total. The lowest BCUT2D eigenvalue weighted by molar-refractivity contribution is -0.509. The van der Waals surface area contributed by atoms with E-state index < -0.39 is 6.43 Å². The van der Waals surface area contributed by atoms with E-state index in [0.717, 1.165) is 35.2 Å². The van der Waals surface area contributed by atoms with Crippen molar-refractivity contribution in [3.05, 3.63) is 84.2 Å². The van der Waals surface area contributed by atoms with Crippen molar-refractivity contribution < 1.29 is 24.4 Å². The fourth-order valence-corrected chi connectivity index (χ4v) is 4.22. The number of alkyl halides is 2. The number of aromatic nitrogens is 2. The van der Waals surface area contributed by atoms with Crippen LogP contribution in [0.3, 0.4) is 0 Å². The molecule has 4 N–H and O–H groups in total. The minimum atomic E-state index is -2.65. The standard InChI is InChI=1S/C25H21F2N3.CH2O2/c26-24(27)23-20-15-19(16-5-2-1-3-6-16)22(30-21(20)11-14-29-23)17-7-9-18(10-8-17)25(28)12-4-13-25;2-1-3/h1-3,5-11,14-15,24H,4,12-13,28H2;1H,(H,2,3)/p+1. The number of nitrogens with zero attached hydrogens (tertiary/aromatic N) is 2. The molecule has 2 aromatic heterocycles. The molecule has 0 radical (unpaired) electrons. The second-order valence-corrected chi connectivity index (χ2v) is 8.13. The van der Waals surface area contributed by atoms with Crippen molar-refractivity contribution in [2.45, 2.75) is 31.2 Å². The van der Waals surface area contributed by atoms with Crippen LogP contribution in [-0.4, -0.2) is 21.5 Å². The van der Waals surface area contributed by atoms with Gasteiger partial charge in [0, 0.05) is 41.1 Å². The molecule has 4 aromatic rings. The highest BCUT2D eigenvalue weighted by Crippen LogP contribution is 2.39. The lowest BCUT2D eigenvalue weighted by Crippen LogP contribution is -2.73. The highest BCUT2D eigenvalue weighted by molar-refractivity contribution is 5.92. The van der Waals surface area contributed by atoms with E-state index in [9.17, 15) is 8.78 Å². The van der Waals surface area contributed by atoms with Gasteiger partial charge in [-0.25, -0.2) is 13.8 Å². The number of pyridine rings is 2. The van der Waals surface area contributed by atoms with Crippen LogP contribution in [0.25, 0.3) is 33.3 Å². The zero-order valence-electron chi connectivity index (χ0n) is 17.9. The summed E-state index contributed by atoms with van der Waals surface area (Å²) in [5, 5.41) is 7.28. The Bertz CT molecular complexity index is 1260. The van der Waals surface area contributed by atoms with Crippen molar-refractivity contribution in [2.24, 2.45) is 0 Å². The van der Waals surface area contributed by atoms with Crippen LogP contribution in [0.1, 0.15) is 36.9 Å². The van der Waals surface area contributed by atoms with Gasteiger partial charge in [-0.1, -0.05) is 54.6 Å². The van der Waals surface area contributed by atoms with Gasteiger partial charge in [0.05, 0.1) is 11.2 Å². The number of hydrogen-bond acceptors (Lipinski definition) is 3. The summed E-state index contributed by atoms with van der Waals surface area (Å²) in [6.07, 6.45) is 2.18. The summed E-state index contributed by atoms with van der Waals surface area (Å²) in [7, 11) is 0. The highest BCUT2D eigenvalue weighted by atomic mass is 19.3. The second kappa shape index (κ2) is 9.42. The Labute approximate surface area is 189 Å². The molecule has 2 aromatic carbocycles. The third kappa shape index (κ3) is 4.45. The van der Waals surface area contributed by atoms with Crippen LogP contribution in [0.5, 0.6) is 0 Å². The third-order valence-electron chi connectivity index (χ3n) is 6.15. The maximum atomic E-state index is 13.6. The van der Waals surface area contributed by atoms with Crippen molar-refractivity contribution >= 4 is 17.4 Å². The molecule has 0 aliphatic heterocycles. The van der Waals surface area contributed by atoms with Crippen molar-refractivity contribution in [2.75, 3.05) is 0 Å². The summed E-state index contributed by atoms with van der Waals surface area (Å²) in [6.45, 7) is -0.250. The molecule has 0 unspecified atom stereocenters. The predicted molar refractivity (Wildman–Crippen MR) is 122 cm³/mol. The molecular weight excluding hydrogens is 424 g/mol. The Morgan fingerprint density at radius 3 is 2.24 bits per heavy atom. The molecule has 33 heavy (non-hydrogen) atoms. The van der Waals surface area contributed by atoms with Crippen molar-refractivity contribution in [1.82, 2.24) is 9.97 Å². The van der Waals surface area contributed by atoms with Gasteiger partial charge in [-0.2, -0.15) is 0 Å². The van der Waals surface area contributed by atoms with E-state index >= 15 is 0 Å². The normalized spacial score (nSPS) is 14.3. The quantitative estimate of drug-likeness (QED) is 0.419. The van der Waals surface area contributed by atoms with Crippen LogP contribution >= 0.6 is 0 Å². The van der Waals surface area contributed by atoms with E-state index in [1.54, 1.807) is 12.1 Å². The fraction of sp³-hybridized carbons (Fsp3) is 0.192. The monoisotopic (exact) mass is 448 g/mol. The van der Waals surface area contributed by atoms with Gasteiger partial charge >= 0.3 is 0 Å². The minimum absolute atomic E-state index is 0.0233. The number of carboxylic acid groups (broad SMARTS) is 1. The van der Waals surface area contributed by atoms with Gasteiger partial charge in [0.25, 0.3) is 12.9 Å². The Morgan fingerprint density at radius 1 is 1.00 bits per heavy atom. The number of rotatable bonds is 4. The van der Waals surface area contributed by atoms with Gasteiger partial charge in [0.2, 0.25) is 0 Å². The van der Waals surface area contributed by atoms with Gasteiger partial charge in [-0.3, -0.25) is 9.78 Å². The molecule has 1 fully saturated rings. The number of halogens is 2. The zero-order valence-corrected chi connectivity index (χ0v) is 17.9. The first kappa shape index (κ1) is 22.5. The maximum absolute atomic E-state index is 13.6. The smallest absolute Gasteiger partial charge is 0.290 e. The molecule has 0 amide bonds. The summed E-state index contributed by atoms with van der Waals surface area (Å²) in [5.74, 6) is 0. The van der Waals surface area contributed by atoms with Crippen molar-refractivity contribution in [3.8, 4) is 22.4 Å². The molecule has 5 rings (SSSR count). The topological polar surface area (TPSA) is 90.7 Å². The molecular formula is C26H24F2N3O2+. The van der Waals surface area contributed by atoms with Crippen LogP contribution < -0.4 is 5.73 Å². The summed E-state index contributed by atoms with van der Waals surface area (Å²) >= 11 is 0. The molecule has 1 saturated carbocycles. The molecule has 1 aliphatic carbocycles. The highest BCUT2D eigenvalue weighted by Gasteiger charge is 2.38. The van der Waals surface area contributed by atoms with E-state index in [-0.39, 0.29) is 17.7 Å². The molecule has 0 saturated heterocycles. The van der Waals surface area contributed by atoms with Gasteiger partial charge in [0.15, 0.2) is 0 Å². The first-order valence-electron chi connectivity index (χ1n) is 10.6. The van der Waals surface area contributed by atoms with Gasteiger partial charge in [0.1, 0.15) is 11.2 Å². The Balaban J connectivity index is 0.000000821. The van der Waals surface area contributed by atoms with Gasteiger partial charge in [-0.15, -0.1) is 0 Å². The molecule has 0 atom stereocenters. The molecule has 168 valence electrons. The second-order valence-electron chi connectivity index (χ2n) is 8.13. The lowest BCUT2D eigenvalue weighted by Gasteiger charge is -2.34. The molecule has 0 bridgehead atoms. The SMILES string of the molecule is O=CO.[NH3+]C1(c2ccc(-c3nc4ccnc(C(F)F)c4cc3-c3ccccc3)cc2)CCC1. The first-order valence-corrected chi connectivity index (χ1v) is 10.6. The van der Waals surface area contributed by atoms with E-state index in [0.29, 0.717) is 10.9 Å². The van der Waals surface area contributed by atoms with Crippen LogP contribution in [-0.2, 0) is 10.3 Å². The Hall–Kier alpha value is -3.71. The molecule has 7 heteroatoms. The van der Waals surface area contributed by atoms with Crippen LogP contribution in [0.15, 0.2) is 72.9 Å². The minimum Gasteiger partial charge on any atom is -0.483 e. The average molecular weight is 448 g/mol. The third-order valence-corrected chi connectivity index (χ3v) is 6.15. The maximum Gasteiger partial charge on any atom is 0.290 e. The average Bonchev–Trinajstić information content (AvgIpc) is 2.82. The molecule has 1 aliphatic rings. The van der Waals surface area contributed by atoms with E-state index in [4.69, 9.17) is 14.9 Å². The Morgan fingerprint density at radius 2 is 1.67 bits per heavy atom. The zero-order chi connectivity index (χ0) is 23.4. The van der Waals surface area contributed by atoms with E-state index in [1.165, 1.54) is 18.2 Å². The van der Waals surface area contributed by atoms with Crippen LogP contribution in [0, 0.1) is 0 Å². The number of quaternary nitrogens is 1.